The van der Waals surface area contributed by atoms with E-state index in [4.69, 9.17) is 0 Å². The first-order valence-corrected chi connectivity index (χ1v) is 6.15. The standard InChI is InChI=1S/C10H8BrN3OS/c11-8-3-1-7(2-4-8)5-13-14-10-12-6-9(15)16-10/h1-5H,6H2,(H,12,14). The fourth-order valence-corrected chi connectivity index (χ4v) is 1.91. The topological polar surface area (TPSA) is 53.8 Å². The van der Waals surface area contributed by atoms with Crippen LogP contribution in [-0.4, -0.2) is 23.0 Å². The van der Waals surface area contributed by atoms with Gasteiger partial charge in [0.1, 0.15) is 6.54 Å². The van der Waals surface area contributed by atoms with E-state index in [0.717, 1.165) is 21.8 Å². The van der Waals surface area contributed by atoms with Crippen LogP contribution in [0.5, 0.6) is 0 Å². The Bertz CT molecular complexity index is 456. The van der Waals surface area contributed by atoms with E-state index in [-0.39, 0.29) is 11.7 Å². The van der Waals surface area contributed by atoms with Crippen molar-refractivity contribution in [1.82, 2.24) is 5.43 Å². The van der Waals surface area contributed by atoms with Gasteiger partial charge in [-0.3, -0.25) is 15.2 Å². The maximum Gasteiger partial charge on any atom is 0.218 e. The summed E-state index contributed by atoms with van der Waals surface area (Å²) in [6, 6.07) is 7.74. The average Bonchev–Trinajstić information content (AvgIpc) is 2.67. The Balaban J connectivity index is 1.90. The van der Waals surface area contributed by atoms with Crippen molar-refractivity contribution >= 4 is 44.2 Å². The summed E-state index contributed by atoms with van der Waals surface area (Å²) >= 11 is 4.44. The molecule has 0 spiro atoms. The molecule has 1 aromatic carbocycles. The van der Waals surface area contributed by atoms with Crippen LogP contribution in [0.25, 0.3) is 0 Å². The Kier molecular flexibility index (Phi) is 3.74. The number of hydrogen-bond acceptors (Lipinski definition) is 5. The van der Waals surface area contributed by atoms with Crippen LogP contribution >= 0.6 is 27.7 Å². The lowest BCUT2D eigenvalue weighted by atomic mass is 10.2. The Morgan fingerprint density at radius 1 is 1.44 bits per heavy atom. The lowest BCUT2D eigenvalue weighted by molar-refractivity contribution is -0.109. The van der Waals surface area contributed by atoms with Crippen molar-refractivity contribution in [2.24, 2.45) is 10.1 Å². The molecular weight excluding hydrogens is 290 g/mol. The molecule has 16 heavy (non-hydrogen) atoms. The molecule has 0 aromatic heterocycles. The highest BCUT2D eigenvalue weighted by molar-refractivity contribution is 9.10. The van der Waals surface area contributed by atoms with Crippen molar-refractivity contribution in [2.45, 2.75) is 0 Å². The van der Waals surface area contributed by atoms with Gasteiger partial charge in [0.25, 0.3) is 0 Å². The number of benzene rings is 1. The van der Waals surface area contributed by atoms with E-state index in [2.05, 4.69) is 31.4 Å². The van der Waals surface area contributed by atoms with E-state index < -0.39 is 0 Å². The van der Waals surface area contributed by atoms with Gasteiger partial charge in [0.05, 0.1) is 6.21 Å². The second kappa shape index (κ2) is 5.27. The summed E-state index contributed by atoms with van der Waals surface area (Å²) in [4.78, 5) is 14.8. The Labute approximate surface area is 105 Å². The van der Waals surface area contributed by atoms with Crippen molar-refractivity contribution in [3.63, 3.8) is 0 Å². The van der Waals surface area contributed by atoms with E-state index in [0.29, 0.717) is 5.17 Å². The van der Waals surface area contributed by atoms with Gasteiger partial charge in [-0.1, -0.05) is 28.1 Å². The molecule has 1 aliphatic rings. The van der Waals surface area contributed by atoms with Crippen LogP contribution in [0.3, 0.4) is 0 Å². The smallest absolute Gasteiger partial charge is 0.218 e. The first kappa shape index (κ1) is 11.3. The molecule has 1 N–H and O–H groups in total. The van der Waals surface area contributed by atoms with E-state index in [1.54, 1.807) is 6.21 Å². The number of halogens is 1. The van der Waals surface area contributed by atoms with Gasteiger partial charge in [0, 0.05) is 4.47 Å². The van der Waals surface area contributed by atoms with Gasteiger partial charge < -0.3 is 0 Å². The van der Waals surface area contributed by atoms with Gasteiger partial charge in [-0.2, -0.15) is 5.10 Å². The monoisotopic (exact) mass is 297 g/mol. The predicted octanol–water partition coefficient (Wildman–Crippen LogP) is 2.00. The normalized spacial score (nSPS) is 15.6. The maximum atomic E-state index is 10.9. The molecular formula is C10H8BrN3OS. The van der Waals surface area contributed by atoms with E-state index >= 15 is 0 Å². The molecule has 0 amide bonds. The molecule has 6 heteroatoms. The fraction of sp³-hybridized carbons (Fsp3) is 0.100. The molecule has 0 saturated carbocycles. The maximum absolute atomic E-state index is 10.9. The van der Waals surface area contributed by atoms with Crippen LogP contribution in [-0.2, 0) is 4.79 Å². The zero-order valence-corrected chi connectivity index (χ0v) is 10.6. The number of amidine groups is 1. The average molecular weight is 298 g/mol. The first-order valence-electron chi connectivity index (χ1n) is 4.54. The van der Waals surface area contributed by atoms with Crippen LogP contribution in [0.4, 0.5) is 0 Å². The number of carbonyl (C=O) groups is 1. The van der Waals surface area contributed by atoms with E-state index in [9.17, 15) is 4.79 Å². The van der Waals surface area contributed by atoms with Gasteiger partial charge >= 0.3 is 0 Å². The quantitative estimate of drug-likeness (QED) is 0.671. The largest absolute Gasteiger partial charge is 0.285 e. The Hall–Kier alpha value is -1.14. The lowest BCUT2D eigenvalue weighted by Crippen LogP contribution is -2.11. The van der Waals surface area contributed by atoms with E-state index in [1.807, 2.05) is 24.3 Å². The molecule has 0 unspecified atom stereocenters. The van der Waals surface area contributed by atoms with Crippen molar-refractivity contribution in [3.05, 3.63) is 34.3 Å². The molecule has 1 aromatic rings. The molecule has 0 bridgehead atoms. The molecule has 1 heterocycles. The molecule has 2 rings (SSSR count). The molecule has 4 nitrogen and oxygen atoms in total. The number of nitrogens with zero attached hydrogens (tertiary/aromatic N) is 2. The number of hydrogen-bond donors (Lipinski definition) is 1. The number of aliphatic imine (C=N–C) groups is 1. The zero-order chi connectivity index (χ0) is 11.4. The van der Waals surface area contributed by atoms with Gasteiger partial charge in [0.2, 0.25) is 5.12 Å². The highest BCUT2D eigenvalue weighted by atomic mass is 79.9. The lowest BCUT2D eigenvalue weighted by Gasteiger charge is -1.96. The molecule has 0 fully saturated rings. The number of hydrazone groups is 1. The molecule has 0 atom stereocenters. The van der Waals surface area contributed by atoms with Gasteiger partial charge in [-0.15, -0.1) is 0 Å². The third-order valence-corrected chi connectivity index (χ3v) is 3.11. The molecule has 82 valence electrons. The minimum atomic E-state index is 0.0429. The summed E-state index contributed by atoms with van der Waals surface area (Å²) in [6.07, 6.45) is 1.68. The van der Waals surface area contributed by atoms with Crippen LogP contribution in [0.15, 0.2) is 38.8 Å². The number of carbonyl (C=O) groups excluding carboxylic acids is 1. The van der Waals surface area contributed by atoms with Crippen LogP contribution < -0.4 is 5.43 Å². The molecule has 0 aliphatic carbocycles. The second-order valence-electron chi connectivity index (χ2n) is 3.02. The summed E-state index contributed by atoms with van der Waals surface area (Å²) in [7, 11) is 0. The number of nitrogens with one attached hydrogen (secondary N) is 1. The molecule has 0 radical (unpaired) electrons. The third kappa shape index (κ3) is 3.18. The Morgan fingerprint density at radius 2 is 2.19 bits per heavy atom. The van der Waals surface area contributed by atoms with Crippen molar-refractivity contribution in [3.8, 4) is 0 Å². The van der Waals surface area contributed by atoms with Crippen molar-refractivity contribution in [2.75, 3.05) is 6.54 Å². The Morgan fingerprint density at radius 3 is 2.81 bits per heavy atom. The highest BCUT2D eigenvalue weighted by Crippen LogP contribution is 2.11. The molecule has 0 saturated heterocycles. The minimum Gasteiger partial charge on any atom is -0.285 e. The second-order valence-corrected chi connectivity index (χ2v) is 4.98. The summed E-state index contributed by atoms with van der Waals surface area (Å²) < 4.78 is 1.03. The first-order chi connectivity index (χ1) is 7.74. The van der Waals surface area contributed by atoms with Gasteiger partial charge in [-0.25, -0.2) is 0 Å². The van der Waals surface area contributed by atoms with E-state index in [1.165, 1.54) is 0 Å². The van der Waals surface area contributed by atoms with Gasteiger partial charge in [-0.05, 0) is 29.5 Å². The summed E-state index contributed by atoms with van der Waals surface area (Å²) in [5.41, 5.74) is 3.70. The number of rotatable bonds is 2. The van der Waals surface area contributed by atoms with Crippen LogP contribution in [0, 0.1) is 0 Å². The highest BCUT2D eigenvalue weighted by Gasteiger charge is 2.14. The summed E-state index contributed by atoms with van der Waals surface area (Å²) in [5, 5.41) is 4.59. The van der Waals surface area contributed by atoms with Crippen LogP contribution in [0.2, 0.25) is 0 Å². The van der Waals surface area contributed by atoms with Crippen molar-refractivity contribution in [1.29, 1.82) is 0 Å². The molecule has 1 aliphatic heterocycles. The van der Waals surface area contributed by atoms with Crippen molar-refractivity contribution < 1.29 is 4.79 Å². The summed E-state index contributed by atoms with van der Waals surface area (Å²) in [6.45, 7) is 0.237. The minimum absolute atomic E-state index is 0.0429. The number of thioether (sulfide) groups is 1. The third-order valence-electron chi connectivity index (χ3n) is 1.81. The summed E-state index contributed by atoms with van der Waals surface area (Å²) in [5.74, 6) is 0. The van der Waals surface area contributed by atoms with Crippen LogP contribution in [0.1, 0.15) is 5.56 Å². The fourth-order valence-electron chi connectivity index (χ4n) is 1.08. The predicted molar refractivity (Wildman–Crippen MR) is 69.8 cm³/mol. The zero-order valence-electron chi connectivity index (χ0n) is 8.18. The SMILES string of the molecule is O=C1CN=C(NN=Cc2ccc(Br)cc2)S1. The van der Waals surface area contributed by atoms with Gasteiger partial charge in [0.15, 0.2) is 5.17 Å².